The lowest BCUT2D eigenvalue weighted by Gasteiger charge is -2.25. The summed E-state index contributed by atoms with van der Waals surface area (Å²) >= 11 is 0. The van der Waals surface area contributed by atoms with E-state index in [1.165, 1.54) is 10.4 Å². The van der Waals surface area contributed by atoms with Gasteiger partial charge in [0.25, 0.3) is 5.91 Å². The predicted octanol–water partition coefficient (Wildman–Crippen LogP) is 4.56. The maximum absolute atomic E-state index is 13.8. The number of carbonyl (C=O) groups excluding carboxylic acids is 1. The van der Waals surface area contributed by atoms with Gasteiger partial charge in [-0.15, -0.1) is 0 Å². The summed E-state index contributed by atoms with van der Waals surface area (Å²) in [5.41, 5.74) is 1.97. The zero-order chi connectivity index (χ0) is 22.3. The second kappa shape index (κ2) is 10.4. The summed E-state index contributed by atoms with van der Waals surface area (Å²) < 4.78 is 29.1. The van der Waals surface area contributed by atoms with Crippen LogP contribution in [-0.2, 0) is 23.1 Å². The summed E-state index contributed by atoms with van der Waals surface area (Å²) in [6, 6.07) is 25.5. The van der Waals surface area contributed by atoms with Crippen LogP contribution in [0.25, 0.3) is 0 Å². The minimum Gasteiger partial charge on any atom is -0.339 e. The SMILES string of the molecule is CCN(CC)C(=O)c1ccccc1S(=O)(=O)N(Cc1ccccc1)Cc1ccccc1. The van der Waals surface area contributed by atoms with Crippen molar-refractivity contribution < 1.29 is 13.2 Å². The Balaban J connectivity index is 2.05. The van der Waals surface area contributed by atoms with Crippen molar-refractivity contribution in [3.8, 4) is 0 Å². The summed E-state index contributed by atoms with van der Waals surface area (Å²) in [6.45, 7) is 5.23. The van der Waals surface area contributed by atoms with Crippen LogP contribution in [-0.4, -0.2) is 36.6 Å². The molecular formula is C25H28N2O3S. The van der Waals surface area contributed by atoms with E-state index < -0.39 is 10.0 Å². The van der Waals surface area contributed by atoms with Crippen molar-refractivity contribution in [3.05, 3.63) is 102 Å². The van der Waals surface area contributed by atoms with E-state index in [1.54, 1.807) is 23.1 Å². The van der Waals surface area contributed by atoms with Crippen LogP contribution in [0.3, 0.4) is 0 Å². The molecule has 0 radical (unpaired) electrons. The topological polar surface area (TPSA) is 57.7 Å². The van der Waals surface area contributed by atoms with Crippen molar-refractivity contribution in [2.75, 3.05) is 13.1 Å². The van der Waals surface area contributed by atoms with E-state index >= 15 is 0 Å². The first-order valence-electron chi connectivity index (χ1n) is 10.4. The summed E-state index contributed by atoms with van der Waals surface area (Å²) in [6.07, 6.45) is 0. The highest BCUT2D eigenvalue weighted by molar-refractivity contribution is 7.89. The second-order valence-corrected chi connectivity index (χ2v) is 9.12. The summed E-state index contributed by atoms with van der Waals surface area (Å²) in [7, 11) is -3.94. The molecule has 0 heterocycles. The quantitative estimate of drug-likeness (QED) is 0.494. The molecule has 5 nitrogen and oxygen atoms in total. The fourth-order valence-electron chi connectivity index (χ4n) is 3.49. The molecule has 0 saturated heterocycles. The van der Waals surface area contributed by atoms with Crippen molar-refractivity contribution in [3.63, 3.8) is 0 Å². The van der Waals surface area contributed by atoms with Gasteiger partial charge in [0.1, 0.15) is 0 Å². The van der Waals surface area contributed by atoms with Crippen molar-refractivity contribution in [2.45, 2.75) is 31.8 Å². The summed E-state index contributed by atoms with van der Waals surface area (Å²) in [5, 5.41) is 0. The lowest BCUT2D eigenvalue weighted by molar-refractivity contribution is 0.0769. The second-order valence-electron chi connectivity index (χ2n) is 7.22. The molecule has 0 aliphatic carbocycles. The zero-order valence-electron chi connectivity index (χ0n) is 17.9. The van der Waals surface area contributed by atoms with Crippen molar-refractivity contribution in [1.29, 1.82) is 0 Å². The van der Waals surface area contributed by atoms with E-state index in [4.69, 9.17) is 0 Å². The van der Waals surface area contributed by atoms with E-state index in [1.807, 2.05) is 74.5 Å². The largest absolute Gasteiger partial charge is 0.339 e. The molecule has 3 rings (SSSR count). The maximum atomic E-state index is 13.8. The average molecular weight is 437 g/mol. The average Bonchev–Trinajstić information content (AvgIpc) is 2.80. The van der Waals surface area contributed by atoms with Gasteiger partial charge < -0.3 is 4.90 Å². The van der Waals surface area contributed by atoms with Gasteiger partial charge in [-0.05, 0) is 37.1 Å². The summed E-state index contributed by atoms with van der Waals surface area (Å²) in [4.78, 5) is 14.7. The third kappa shape index (κ3) is 5.40. The van der Waals surface area contributed by atoms with Crippen LogP contribution in [0.1, 0.15) is 35.3 Å². The van der Waals surface area contributed by atoms with E-state index in [0.29, 0.717) is 13.1 Å². The molecule has 0 spiro atoms. The molecule has 31 heavy (non-hydrogen) atoms. The number of rotatable bonds is 9. The van der Waals surface area contributed by atoms with Gasteiger partial charge in [0.05, 0.1) is 10.5 Å². The molecule has 0 unspecified atom stereocenters. The van der Waals surface area contributed by atoms with Crippen LogP contribution in [0.4, 0.5) is 0 Å². The number of hydrogen-bond acceptors (Lipinski definition) is 3. The molecule has 0 bridgehead atoms. The van der Waals surface area contributed by atoms with Gasteiger partial charge in [0.15, 0.2) is 0 Å². The Kier molecular flexibility index (Phi) is 7.60. The van der Waals surface area contributed by atoms with Crippen LogP contribution >= 0.6 is 0 Å². The molecule has 0 saturated carbocycles. The van der Waals surface area contributed by atoms with Gasteiger partial charge in [-0.1, -0.05) is 72.8 Å². The van der Waals surface area contributed by atoms with Crippen molar-refractivity contribution in [1.82, 2.24) is 9.21 Å². The van der Waals surface area contributed by atoms with Gasteiger partial charge in [-0.3, -0.25) is 4.79 Å². The van der Waals surface area contributed by atoms with E-state index in [-0.39, 0.29) is 29.5 Å². The first-order chi connectivity index (χ1) is 15.0. The van der Waals surface area contributed by atoms with Crippen LogP contribution in [0.5, 0.6) is 0 Å². The van der Waals surface area contributed by atoms with Crippen LogP contribution in [0.15, 0.2) is 89.8 Å². The first kappa shape index (κ1) is 22.7. The molecule has 0 aliphatic rings. The normalized spacial score (nSPS) is 11.5. The predicted molar refractivity (Wildman–Crippen MR) is 123 cm³/mol. The third-order valence-electron chi connectivity index (χ3n) is 5.19. The zero-order valence-corrected chi connectivity index (χ0v) is 18.8. The lowest BCUT2D eigenvalue weighted by atomic mass is 10.2. The monoisotopic (exact) mass is 436 g/mol. The van der Waals surface area contributed by atoms with Gasteiger partial charge in [-0.2, -0.15) is 4.31 Å². The standard InChI is InChI=1S/C25H28N2O3S/c1-3-26(4-2)25(28)23-17-11-12-18-24(23)31(29,30)27(19-21-13-7-5-8-14-21)20-22-15-9-6-10-16-22/h5-18H,3-4,19-20H2,1-2H3. The van der Waals surface area contributed by atoms with Gasteiger partial charge >= 0.3 is 0 Å². The first-order valence-corrected chi connectivity index (χ1v) is 11.9. The molecule has 0 atom stereocenters. The molecule has 6 heteroatoms. The molecule has 0 aromatic heterocycles. The maximum Gasteiger partial charge on any atom is 0.255 e. The number of hydrogen-bond donors (Lipinski definition) is 0. The van der Waals surface area contributed by atoms with Gasteiger partial charge in [0.2, 0.25) is 10.0 Å². The lowest BCUT2D eigenvalue weighted by Crippen LogP contribution is -2.35. The number of nitrogens with zero attached hydrogens (tertiary/aromatic N) is 2. The Labute approximate surface area is 185 Å². The van der Waals surface area contributed by atoms with Crippen LogP contribution < -0.4 is 0 Å². The van der Waals surface area contributed by atoms with Crippen LogP contribution in [0, 0.1) is 0 Å². The van der Waals surface area contributed by atoms with Crippen molar-refractivity contribution in [2.24, 2.45) is 0 Å². The molecule has 162 valence electrons. The van der Waals surface area contributed by atoms with E-state index in [2.05, 4.69) is 0 Å². The fraction of sp³-hybridized carbons (Fsp3) is 0.240. The number of benzene rings is 3. The molecular weight excluding hydrogens is 408 g/mol. The van der Waals surface area contributed by atoms with E-state index in [9.17, 15) is 13.2 Å². The smallest absolute Gasteiger partial charge is 0.255 e. The number of sulfonamides is 1. The molecule has 3 aromatic carbocycles. The van der Waals surface area contributed by atoms with Gasteiger partial charge in [0, 0.05) is 26.2 Å². The van der Waals surface area contributed by atoms with Gasteiger partial charge in [-0.25, -0.2) is 8.42 Å². The van der Waals surface area contributed by atoms with E-state index in [0.717, 1.165) is 11.1 Å². The minimum absolute atomic E-state index is 0.0405. The Morgan fingerprint density at radius 2 is 1.16 bits per heavy atom. The fourth-order valence-corrected chi connectivity index (χ4v) is 5.09. The number of amides is 1. The molecule has 3 aromatic rings. The highest BCUT2D eigenvalue weighted by Crippen LogP contribution is 2.25. The summed E-state index contributed by atoms with van der Waals surface area (Å²) in [5.74, 6) is -0.274. The molecule has 0 N–H and O–H groups in total. The Hall–Kier alpha value is -2.96. The minimum atomic E-state index is -3.94. The van der Waals surface area contributed by atoms with Crippen LogP contribution in [0.2, 0.25) is 0 Å². The number of carbonyl (C=O) groups is 1. The van der Waals surface area contributed by atoms with Crippen molar-refractivity contribution >= 4 is 15.9 Å². The third-order valence-corrected chi connectivity index (χ3v) is 7.04. The highest BCUT2D eigenvalue weighted by Gasteiger charge is 2.30. The Bertz CT molecular complexity index is 1050. The molecule has 0 aliphatic heterocycles. The molecule has 1 amide bonds. The highest BCUT2D eigenvalue weighted by atomic mass is 32.2. The Morgan fingerprint density at radius 1 is 0.710 bits per heavy atom. The Morgan fingerprint density at radius 3 is 1.65 bits per heavy atom. The molecule has 0 fully saturated rings.